The molecule has 1 amide bonds. The van der Waals surface area contributed by atoms with Gasteiger partial charge >= 0.3 is 0 Å². The predicted molar refractivity (Wildman–Crippen MR) is 85.7 cm³/mol. The summed E-state index contributed by atoms with van der Waals surface area (Å²) in [6.07, 6.45) is 3.00. The first-order valence-corrected chi connectivity index (χ1v) is 7.52. The Bertz CT molecular complexity index is 622. The van der Waals surface area contributed by atoms with Crippen molar-refractivity contribution in [3.63, 3.8) is 0 Å². The Morgan fingerprint density at radius 2 is 2.00 bits per heavy atom. The molecule has 0 saturated heterocycles. The number of carbonyl (C=O) groups excluding carboxylic acids is 1. The molecule has 0 aliphatic carbocycles. The highest BCUT2D eigenvalue weighted by Crippen LogP contribution is 2.23. The largest absolute Gasteiger partial charge is 0.384 e. The Balaban J connectivity index is 1.48. The van der Waals surface area contributed by atoms with Crippen molar-refractivity contribution in [1.29, 1.82) is 0 Å². The molecule has 2 aromatic rings. The van der Waals surface area contributed by atoms with Crippen LogP contribution in [0.15, 0.2) is 48.5 Å². The van der Waals surface area contributed by atoms with Crippen LogP contribution in [0.2, 0.25) is 0 Å². The zero-order chi connectivity index (χ0) is 14.5. The molecule has 21 heavy (non-hydrogen) atoms. The van der Waals surface area contributed by atoms with Gasteiger partial charge in [0, 0.05) is 24.3 Å². The summed E-state index contributed by atoms with van der Waals surface area (Å²) in [5, 5.41) is 6.30. The number of rotatable bonds is 5. The van der Waals surface area contributed by atoms with E-state index in [-0.39, 0.29) is 5.91 Å². The van der Waals surface area contributed by atoms with Crippen LogP contribution in [0.25, 0.3) is 0 Å². The average molecular weight is 280 g/mol. The summed E-state index contributed by atoms with van der Waals surface area (Å²) in [5.41, 5.74) is 4.46. The summed E-state index contributed by atoms with van der Waals surface area (Å²) in [7, 11) is 0. The Hall–Kier alpha value is -2.29. The van der Waals surface area contributed by atoms with Crippen molar-refractivity contribution in [2.24, 2.45) is 0 Å². The van der Waals surface area contributed by atoms with Crippen molar-refractivity contribution in [2.45, 2.75) is 19.3 Å². The minimum Gasteiger partial charge on any atom is -0.384 e. The van der Waals surface area contributed by atoms with E-state index in [0.717, 1.165) is 37.1 Å². The third kappa shape index (κ3) is 3.43. The topological polar surface area (TPSA) is 41.1 Å². The molecule has 108 valence electrons. The number of anilines is 1. The van der Waals surface area contributed by atoms with Gasteiger partial charge in [0.2, 0.25) is 0 Å². The van der Waals surface area contributed by atoms with Crippen molar-refractivity contribution in [1.82, 2.24) is 5.32 Å². The van der Waals surface area contributed by atoms with Crippen LogP contribution in [0.4, 0.5) is 5.69 Å². The minimum absolute atomic E-state index is 0.0135. The van der Waals surface area contributed by atoms with Gasteiger partial charge in [-0.1, -0.05) is 36.4 Å². The van der Waals surface area contributed by atoms with E-state index in [1.54, 1.807) is 0 Å². The molecule has 0 fully saturated rings. The Morgan fingerprint density at radius 3 is 2.86 bits per heavy atom. The highest BCUT2D eigenvalue weighted by Gasteiger charge is 2.12. The molecule has 0 radical (unpaired) electrons. The lowest BCUT2D eigenvalue weighted by Crippen LogP contribution is -2.24. The third-order valence-electron chi connectivity index (χ3n) is 3.85. The maximum absolute atomic E-state index is 12.1. The lowest BCUT2D eigenvalue weighted by molar-refractivity contribution is 0.0953. The van der Waals surface area contributed by atoms with Crippen LogP contribution in [-0.2, 0) is 12.8 Å². The number of amides is 1. The first-order chi connectivity index (χ1) is 10.3. The van der Waals surface area contributed by atoms with Gasteiger partial charge < -0.3 is 10.6 Å². The van der Waals surface area contributed by atoms with Crippen LogP contribution >= 0.6 is 0 Å². The monoisotopic (exact) mass is 280 g/mol. The standard InChI is InChI=1S/C18H20N2O/c21-18(16-9-8-15-10-12-19-17(15)13-16)20-11-4-7-14-5-2-1-3-6-14/h1-3,5-6,8-9,13,19H,4,7,10-12H2,(H,20,21). The van der Waals surface area contributed by atoms with Crippen molar-refractivity contribution in [2.75, 3.05) is 18.4 Å². The summed E-state index contributed by atoms with van der Waals surface area (Å²) >= 11 is 0. The number of carbonyl (C=O) groups is 1. The molecular weight excluding hydrogens is 260 g/mol. The van der Waals surface area contributed by atoms with E-state index in [0.29, 0.717) is 6.54 Å². The first-order valence-electron chi connectivity index (χ1n) is 7.52. The van der Waals surface area contributed by atoms with Gasteiger partial charge in [-0.2, -0.15) is 0 Å². The second kappa shape index (κ2) is 6.44. The van der Waals surface area contributed by atoms with Gasteiger partial charge in [0.15, 0.2) is 0 Å². The van der Waals surface area contributed by atoms with E-state index in [1.165, 1.54) is 11.1 Å². The van der Waals surface area contributed by atoms with Crippen molar-refractivity contribution in [3.05, 3.63) is 65.2 Å². The number of benzene rings is 2. The highest BCUT2D eigenvalue weighted by molar-refractivity contribution is 5.95. The highest BCUT2D eigenvalue weighted by atomic mass is 16.1. The summed E-state index contributed by atoms with van der Waals surface area (Å²) in [5.74, 6) is 0.0135. The predicted octanol–water partition coefficient (Wildman–Crippen LogP) is 3.02. The van der Waals surface area contributed by atoms with Crippen LogP contribution in [0.3, 0.4) is 0 Å². The zero-order valence-corrected chi connectivity index (χ0v) is 12.1. The number of nitrogens with one attached hydrogen (secondary N) is 2. The van der Waals surface area contributed by atoms with Crippen LogP contribution in [-0.4, -0.2) is 19.0 Å². The summed E-state index contributed by atoms with van der Waals surface area (Å²) in [6, 6.07) is 16.3. The number of hydrogen-bond acceptors (Lipinski definition) is 2. The SMILES string of the molecule is O=C(NCCCc1ccccc1)c1ccc2c(c1)NCC2. The normalized spacial score (nSPS) is 12.6. The lowest BCUT2D eigenvalue weighted by atomic mass is 10.1. The number of aryl methyl sites for hydroxylation is 1. The number of fused-ring (bicyclic) bond motifs is 1. The van der Waals surface area contributed by atoms with E-state index in [9.17, 15) is 4.79 Å². The first kappa shape index (κ1) is 13.7. The molecule has 1 aliphatic heterocycles. The van der Waals surface area contributed by atoms with E-state index in [4.69, 9.17) is 0 Å². The fraction of sp³-hybridized carbons (Fsp3) is 0.278. The maximum atomic E-state index is 12.1. The summed E-state index contributed by atoms with van der Waals surface area (Å²) < 4.78 is 0. The zero-order valence-electron chi connectivity index (χ0n) is 12.1. The average Bonchev–Trinajstić information content (AvgIpc) is 3.00. The Morgan fingerprint density at radius 1 is 1.14 bits per heavy atom. The molecular formula is C18H20N2O. The van der Waals surface area contributed by atoms with Gasteiger partial charge in [0.1, 0.15) is 0 Å². The van der Waals surface area contributed by atoms with Crippen LogP contribution < -0.4 is 10.6 Å². The molecule has 1 heterocycles. The quantitative estimate of drug-likeness (QED) is 0.827. The second-order valence-corrected chi connectivity index (χ2v) is 5.39. The molecule has 1 aliphatic rings. The molecule has 2 N–H and O–H groups in total. The van der Waals surface area contributed by atoms with Crippen molar-refractivity contribution < 1.29 is 4.79 Å². The third-order valence-corrected chi connectivity index (χ3v) is 3.85. The number of hydrogen-bond donors (Lipinski definition) is 2. The van der Waals surface area contributed by atoms with Crippen LogP contribution in [0, 0.1) is 0 Å². The van der Waals surface area contributed by atoms with Gasteiger partial charge in [-0.15, -0.1) is 0 Å². The van der Waals surface area contributed by atoms with Gasteiger partial charge in [-0.3, -0.25) is 4.79 Å². The summed E-state index contributed by atoms with van der Waals surface area (Å²) in [4.78, 5) is 12.1. The smallest absolute Gasteiger partial charge is 0.251 e. The van der Waals surface area contributed by atoms with Crippen molar-refractivity contribution in [3.8, 4) is 0 Å². The second-order valence-electron chi connectivity index (χ2n) is 5.39. The van der Waals surface area contributed by atoms with Crippen LogP contribution in [0.5, 0.6) is 0 Å². The molecule has 3 nitrogen and oxygen atoms in total. The fourth-order valence-corrected chi connectivity index (χ4v) is 2.67. The summed E-state index contributed by atoms with van der Waals surface area (Å²) in [6.45, 7) is 1.68. The van der Waals surface area contributed by atoms with Gasteiger partial charge in [-0.05, 0) is 42.5 Å². The minimum atomic E-state index is 0.0135. The van der Waals surface area contributed by atoms with Crippen LogP contribution in [0.1, 0.15) is 27.9 Å². The molecule has 3 heteroatoms. The van der Waals surface area contributed by atoms with E-state index in [2.05, 4.69) is 22.8 Å². The van der Waals surface area contributed by atoms with Crippen molar-refractivity contribution >= 4 is 11.6 Å². The lowest BCUT2D eigenvalue weighted by Gasteiger charge is -2.07. The molecule has 0 bridgehead atoms. The molecule has 2 aromatic carbocycles. The van der Waals surface area contributed by atoms with E-state index < -0.39 is 0 Å². The molecule has 3 rings (SSSR count). The Labute approximate surface area is 125 Å². The van der Waals surface area contributed by atoms with Gasteiger partial charge in [0.05, 0.1) is 0 Å². The van der Waals surface area contributed by atoms with Gasteiger partial charge in [0.25, 0.3) is 5.91 Å². The molecule has 0 spiro atoms. The fourth-order valence-electron chi connectivity index (χ4n) is 2.67. The molecule has 0 aromatic heterocycles. The molecule has 0 atom stereocenters. The van der Waals surface area contributed by atoms with E-state index in [1.807, 2.05) is 36.4 Å². The molecule has 0 saturated carbocycles. The molecule has 0 unspecified atom stereocenters. The van der Waals surface area contributed by atoms with Gasteiger partial charge in [-0.25, -0.2) is 0 Å². The Kier molecular flexibility index (Phi) is 4.20. The maximum Gasteiger partial charge on any atom is 0.251 e. The van der Waals surface area contributed by atoms with E-state index >= 15 is 0 Å².